The Labute approximate surface area is 147 Å². The smallest absolute Gasteiger partial charge is 0.408 e. The Morgan fingerprint density at radius 3 is 2.28 bits per heavy atom. The Hall–Kier alpha value is -2.64. The van der Waals surface area contributed by atoms with Gasteiger partial charge in [-0.25, -0.2) is 4.79 Å². The summed E-state index contributed by atoms with van der Waals surface area (Å²) in [5.74, 6) is -0.517. The summed E-state index contributed by atoms with van der Waals surface area (Å²) in [7, 11) is 0. The van der Waals surface area contributed by atoms with Crippen molar-refractivity contribution in [2.45, 2.75) is 59.1 Å². The number of nitrogens with zero attached hydrogens (tertiary/aromatic N) is 1. The molecule has 8 heteroatoms. The van der Waals surface area contributed by atoms with Gasteiger partial charge in [-0.1, -0.05) is 13.0 Å². The van der Waals surface area contributed by atoms with Crippen LogP contribution < -0.4 is 10.6 Å². The first-order valence-electron chi connectivity index (χ1n) is 7.95. The predicted molar refractivity (Wildman–Crippen MR) is 94.6 cm³/mol. The third-order valence-electron chi connectivity index (χ3n) is 3.30. The average molecular weight is 351 g/mol. The van der Waals surface area contributed by atoms with Crippen molar-refractivity contribution in [2.24, 2.45) is 0 Å². The van der Waals surface area contributed by atoms with Crippen LogP contribution in [-0.2, 0) is 16.0 Å². The first-order valence-corrected chi connectivity index (χ1v) is 7.95. The van der Waals surface area contributed by atoms with Crippen LogP contribution in [0, 0.1) is 10.1 Å². The molecule has 138 valence electrons. The Kier molecular flexibility index (Phi) is 6.12. The molecular formula is C17H25N3O5. The molecule has 2 N–H and O–H groups in total. The summed E-state index contributed by atoms with van der Waals surface area (Å²) in [4.78, 5) is 34.9. The maximum Gasteiger partial charge on any atom is 0.408 e. The quantitative estimate of drug-likeness (QED) is 0.624. The summed E-state index contributed by atoms with van der Waals surface area (Å²) >= 11 is 0. The molecule has 2 amide bonds. The summed E-state index contributed by atoms with van der Waals surface area (Å²) in [5.41, 5.74) is -1.14. The number of nitro groups is 1. The number of nitrogens with one attached hydrogen (secondary N) is 2. The highest BCUT2D eigenvalue weighted by Gasteiger charge is 2.32. The second kappa shape index (κ2) is 7.50. The van der Waals surface area contributed by atoms with Crippen LogP contribution in [0.25, 0.3) is 0 Å². The van der Waals surface area contributed by atoms with Crippen LogP contribution in [0.4, 0.5) is 16.2 Å². The van der Waals surface area contributed by atoms with Crippen molar-refractivity contribution in [3.8, 4) is 0 Å². The van der Waals surface area contributed by atoms with E-state index in [4.69, 9.17) is 4.74 Å². The average Bonchev–Trinajstić information content (AvgIpc) is 2.44. The minimum atomic E-state index is -1.26. The van der Waals surface area contributed by atoms with E-state index in [1.807, 2.05) is 6.92 Å². The summed E-state index contributed by atoms with van der Waals surface area (Å²) in [6.45, 7) is 9.99. The van der Waals surface area contributed by atoms with Crippen molar-refractivity contribution in [1.82, 2.24) is 5.32 Å². The zero-order valence-electron chi connectivity index (χ0n) is 15.4. The number of hydrogen-bond acceptors (Lipinski definition) is 5. The number of hydrogen-bond donors (Lipinski definition) is 2. The summed E-state index contributed by atoms with van der Waals surface area (Å²) < 4.78 is 5.14. The molecule has 0 saturated carbocycles. The Morgan fingerprint density at radius 1 is 1.20 bits per heavy atom. The van der Waals surface area contributed by atoms with E-state index in [1.165, 1.54) is 19.9 Å². The van der Waals surface area contributed by atoms with Crippen molar-refractivity contribution in [1.29, 1.82) is 0 Å². The highest BCUT2D eigenvalue weighted by atomic mass is 16.6. The largest absolute Gasteiger partial charge is 0.444 e. The van der Waals surface area contributed by atoms with Gasteiger partial charge in [0.25, 0.3) is 5.69 Å². The number of amides is 2. The lowest BCUT2D eigenvalue weighted by Crippen LogP contribution is -2.53. The fraction of sp³-hybridized carbons (Fsp3) is 0.529. The topological polar surface area (TPSA) is 111 Å². The molecule has 0 heterocycles. The van der Waals surface area contributed by atoms with Crippen molar-refractivity contribution in [3.05, 3.63) is 33.9 Å². The van der Waals surface area contributed by atoms with Gasteiger partial charge in [0.05, 0.1) is 4.92 Å². The molecule has 8 nitrogen and oxygen atoms in total. The standard InChI is InChI=1S/C17H25N3O5/c1-7-11-8-9-12(10-13(11)20(23)24)18-14(21)17(5,6)19-15(22)25-16(2,3)4/h8-10H,7H2,1-6H3,(H,18,21)(H,19,22). The summed E-state index contributed by atoms with van der Waals surface area (Å²) in [6, 6.07) is 4.50. The highest BCUT2D eigenvalue weighted by molar-refractivity contribution is 5.99. The molecule has 0 aliphatic carbocycles. The van der Waals surface area contributed by atoms with Crippen LogP contribution in [0.1, 0.15) is 47.1 Å². The third-order valence-corrected chi connectivity index (χ3v) is 3.30. The van der Waals surface area contributed by atoms with E-state index in [2.05, 4.69) is 10.6 Å². The van der Waals surface area contributed by atoms with Crippen LogP contribution in [-0.4, -0.2) is 28.1 Å². The van der Waals surface area contributed by atoms with Crippen LogP contribution >= 0.6 is 0 Å². The number of ether oxygens (including phenoxy) is 1. The van der Waals surface area contributed by atoms with Gasteiger partial charge in [-0.3, -0.25) is 14.9 Å². The van der Waals surface area contributed by atoms with Crippen molar-refractivity contribution < 1.29 is 19.2 Å². The minimum Gasteiger partial charge on any atom is -0.444 e. The molecule has 0 bridgehead atoms. The minimum absolute atomic E-state index is 0.0572. The predicted octanol–water partition coefficient (Wildman–Crippen LogP) is 3.40. The molecule has 0 fully saturated rings. The number of rotatable bonds is 5. The molecule has 25 heavy (non-hydrogen) atoms. The van der Waals surface area contributed by atoms with Crippen molar-refractivity contribution in [2.75, 3.05) is 5.32 Å². The maximum absolute atomic E-state index is 12.4. The SMILES string of the molecule is CCc1ccc(NC(=O)C(C)(C)NC(=O)OC(C)(C)C)cc1[N+](=O)[O-]. The molecule has 0 aliphatic rings. The molecule has 0 unspecified atom stereocenters. The van der Waals surface area contributed by atoms with Gasteiger partial charge in [0, 0.05) is 17.3 Å². The molecule has 0 atom stereocenters. The maximum atomic E-state index is 12.4. The molecule has 0 saturated heterocycles. The molecule has 0 radical (unpaired) electrons. The number of benzene rings is 1. The van der Waals surface area contributed by atoms with Gasteiger partial charge in [0.15, 0.2) is 0 Å². The number of carbonyl (C=O) groups excluding carboxylic acids is 2. The zero-order chi connectivity index (χ0) is 19.4. The molecule has 0 spiro atoms. The van der Waals surface area contributed by atoms with Crippen LogP contribution in [0.3, 0.4) is 0 Å². The lowest BCUT2D eigenvalue weighted by Gasteiger charge is -2.27. The van der Waals surface area contributed by atoms with Crippen LogP contribution in [0.2, 0.25) is 0 Å². The van der Waals surface area contributed by atoms with Crippen LogP contribution in [0.15, 0.2) is 18.2 Å². The van der Waals surface area contributed by atoms with E-state index < -0.39 is 28.1 Å². The second-order valence-corrected chi connectivity index (χ2v) is 7.16. The number of anilines is 1. The van der Waals surface area contributed by atoms with E-state index in [-0.39, 0.29) is 11.4 Å². The van der Waals surface area contributed by atoms with E-state index in [0.717, 1.165) is 0 Å². The lowest BCUT2D eigenvalue weighted by atomic mass is 10.0. The number of aryl methyl sites for hydroxylation is 1. The number of nitro benzene ring substituents is 1. The van der Waals surface area contributed by atoms with Crippen molar-refractivity contribution in [3.63, 3.8) is 0 Å². The lowest BCUT2D eigenvalue weighted by molar-refractivity contribution is -0.385. The first-order chi connectivity index (χ1) is 11.4. The molecular weight excluding hydrogens is 326 g/mol. The fourth-order valence-electron chi connectivity index (χ4n) is 2.01. The Morgan fingerprint density at radius 2 is 1.80 bits per heavy atom. The molecule has 1 aromatic carbocycles. The number of alkyl carbamates (subject to hydrolysis) is 1. The normalized spacial score (nSPS) is 11.6. The molecule has 0 aromatic heterocycles. The molecule has 1 rings (SSSR count). The fourth-order valence-corrected chi connectivity index (χ4v) is 2.01. The van der Waals surface area contributed by atoms with Gasteiger partial charge >= 0.3 is 6.09 Å². The van der Waals surface area contributed by atoms with Gasteiger partial charge in [-0.2, -0.15) is 0 Å². The first kappa shape index (κ1) is 20.4. The highest BCUT2D eigenvalue weighted by Crippen LogP contribution is 2.24. The Bertz CT molecular complexity index is 677. The van der Waals surface area contributed by atoms with E-state index in [9.17, 15) is 19.7 Å². The van der Waals surface area contributed by atoms with E-state index in [0.29, 0.717) is 12.0 Å². The van der Waals surface area contributed by atoms with Crippen LogP contribution in [0.5, 0.6) is 0 Å². The Balaban J connectivity index is 2.88. The molecule has 1 aromatic rings. The van der Waals surface area contributed by atoms with Gasteiger partial charge < -0.3 is 15.4 Å². The monoisotopic (exact) mass is 351 g/mol. The number of carbonyl (C=O) groups is 2. The van der Waals surface area contributed by atoms with E-state index in [1.54, 1.807) is 32.9 Å². The van der Waals surface area contributed by atoms with Crippen molar-refractivity contribution >= 4 is 23.4 Å². The zero-order valence-corrected chi connectivity index (χ0v) is 15.4. The summed E-state index contributed by atoms with van der Waals surface area (Å²) in [5, 5.41) is 16.2. The van der Waals surface area contributed by atoms with Gasteiger partial charge in [-0.05, 0) is 47.1 Å². The summed E-state index contributed by atoms with van der Waals surface area (Å²) in [6.07, 6.45) is -0.212. The third kappa shape index (κ3) is 6.06. The van der Waals surface area contributed by atoms with Gasteiger partial charge in [-0.15, -0.1) is 0 Å². The second-order valence-electron chi connectivity index (χ2n) is 7.16. The van der Waals surface area contributed by atoms with Gasteiger partial charge in [0.1, 0.15) is 11.1 Å². The van der Waals surface area contributed by atoms with Gasteiger partial charge in [0.2, 0.25) is 5.91 Å². The molecule has 0 aliphatic heterocycles. The van der Waals surface area contributed by atoms with E-state index >= 15 is 0 Å².